The predicted molar refractivity (Wildman–Crippen MR) is 119 cm³/mol. The highest BCUT2D eigenvalue weighted by atomic mass is 35.5. The van der Waals surface area contributed by atoms with E-state index < -0.39 is 0 Å². The first-order valence-corrected chi connectivity index (χ1v) is 10.7. The van der Waals surface area contributed by atoms with E-state index in [0.717, 1.165) is 61.0 Å². The van der Waals surface area contributed by atoms with Crippen LogP contribution < -0.4 is 10.6 Å². The molecule has 154 valence electrons. The Labute approximate surface area is 181 Å². The first-order valence-electron chi connectivity index (χ1n) is 9.96. The molecule has 0 bridgehead atoms. The van der Waals surface area contributed by atoms with Gasteiger partial charge in [0.05, 0.1) is 6.20 Å². The molecule has 0 amide bonds. The van der Waals surface area contributed by atoms with E-state index in [1.165, 1.54) is 0 Å². The van der Waals surface area contributed by atoms with Gasteiger partial charge in [0.15, 0.2) is 5.65 Å². The van der Waals surface area contributed by atoms with Crippen molar-refractivity contribution in [3.63, 3.8) is 0 Å². The monoisotopic (exact) mass is 432 g/mol. The Balaban J connectivity index is 1.79. The van der Waals surface area contributed by atoms with E-state index in [-0.39, 0.29) is 5.41 Å². The van der Waals surface area contributed by atoms with Gasteiger partial charge in [0.25, 0.3) is 0 Å². The zero-order chi connectivity index (χ0) is 20.6. The molecule has 29 heavy (non-hydrogen) atoms. The molecule has 3 heterocycles. The van der Waals surface area contributed by atoms with Gasteiger partial charge in [-0.1, -0.05) is 44.0 Å². The summed E-state index contributed by atoms with van der Waals surface area (Å²) >= 11 is 12.4. The van der Waals surface area contributed by atoms with Gasteiger partial charge in [0, 0.05) is 28.2 Å². The van der Waals surface area contributed by atoms with E-state index in [0.29, 0.717) is 16.1 Å². The zero-order valence-electron chi connectivity index (χ0n) is 17.0. The van der Waals surface area contributed by atoms with Crippen molar-refractivity contribution in [3.05, 3.63) is 40.3 Å². The smallest absolute Gasteiger partial charge is 0.209 e. The van der Waals surface area contributed by atoms with Crippen LogP contribution in [0.3, 0.4) is 0 Å². The van der Waals surface area contributed by atoms with Crippen LogP contribution in [0.15, 0.2) is 24.4 Å². The lowest BCUT2D eigenvalue weighted by Gasteiger charge is -2.26. The molecule has 6 nitrogen and oxygen atoms in total. The summed E-state index contributed by atoms with van der Waals surface area (Å²) in [6.07, 6.45) is 4.69. The lowest BCUT2D eigenvalue weighted by atomic mass is 9.92. The normalized spacial score (nSPS) is 15.8. The number of hydrogen-bond donors (Lipinski definition) is 2. The number of aromatic nitrogens is 4. The van der Waals surface area contributed by atoms with Gasteiger partial charge in [-0.05, 0) is 49.5 Å². The van der Waals surface area contributed by atoms with Crippen molar-refractivity contribution in [2.75, 3.05) is 18.4 Å². The van der Waals surface area contributed by atoms with E-state index >= 15 is 0 Å². The number of rotatable bonds is 4. The van der Waals surface area contributed by atoms with Gasteiger partial charge in [0.1, 0.15) is 11.3 Å². The highest BCUT2D eigenvalue weighted by Gasteiger charge is 2.24. The molecule has 0 atom stereocenters. The topological polar surface area (TPSA) is 67.7 Å². The van der Waals surface area contributed by atoms with E-state index in [9.17, 15) is 0 Å². The summed E-state index contributed by atoms with van der Waals surface area (Å²) in [7, 11) is 0. The average molecular weight is 433 g/mol. The van der Waals surface area contributed by atoms with E-state index in [2.05, 4.69) is 41.0 Å². The Morgan fingerprint density at radius 3 is 2.45 bits per heavy atom. The summed E-state index contributed by atoms with van der Waals surface area (Å²) in [4.78, 5) is 14.3. The van der Waals surface area contributed by atoms with Gasteiger partial charge in [-0.15, -0.1) is 0 Å². The number of hydrogen-bond acceptors (Lipinski definition) is 5. The maximum atomic E-state index is 6.18. The minimum atomic E-state index is 0.117. The molecular weight excluding hydrogens is 407 g/mol. The zero-order valence-corrected chi connectivity index (χ0v) is 18.5. The highest BCUT2D eigenvalue weighted by Crippen LogP contribution is 2.32. The third-order valence-corrected chi connectivity index (χ3v) is 5.40. The average Bonchev–Trinajstić information content (AvgIpc) is 2.97. The number of imidazole rings is 1. The Hall–Kier alpha value is -1.89. The molecule has 0 saturated carbocycles. The van der Waals surface area contributed by atoms with Crippen LogP contribution in [0.25, 0.3) is 11.2 Å². The van der Waals surface area contributed by atoms with Gasteiger partial charge in [-0.3, -0.25) is 4.57 Å². The van der Waals surface area contributed by atoms with Crippen LogP contribution in [-0.4, -0.2) is 32.6 Å². The molecule has 1 aromatic carbocycles. The van der Waals surface area contributed by atoms with Crippen molar-refractivity contribution in [1.82, 2.24) is 24.8 Å². The molecule has 0 radical (unpaired) electrons. The second-order valence-electron chi connectivity index (χ2n) is 8.80. The lowest BCUT2D eigenvalue weighted by Crippen LogP contribution is -2.30. The van der Waals surface area contributed by atoms with Gasteiger partial charge < -0.3 is 10.6 Å². The van der Waals surface area contributed by atoms with Gasteiger partial charge in [-0.25, -0.2) is 15.0 Å². The van der Waals surface area contributed by atoms with Crippen molar-refractivity contribution in [1.29, 1.82) is 0 Å². The summed E-state index contributed by atoms with van der Waals surface area (Å²) < 4.78 is 2.22. The predicted octanol–water partition coefficient (Wildman–Crippen LogP) is 5.39. The molecular formula is C21H26Cl2N6. The second kappa shape index (κ2) is 8.09. The third-order valence-electron chi connectivity index (χ3n) is 4.96. The van der Waals surface area contributed by atoms with Crippen molar-refractivity contribution >= 4 is 46.0 Å². The fraction of sp³-hybridized carbons (Fsp3) is 0.476. The summed E-state index contributed by atoms with van der Waals surface area (Å²) in [6.45, 7) is 8.54. The Morgan fingerprint density at radius 1 is 1.10 bits per heavy atom. The number of benzene rings is 1. The molecule has 2 aromatic heterocycles. The minimum Gasteiger partial charge on any atom is -0.325 e. The molecule has 1 aliphatic rings. The molecule has 8 heteroatoms. The SMILES string of the molecule is CC(C)(C)Cc1ncc2nc(Nc3cc(Cl)cc(Cl)c3)n(C3CCNCC3)c2n1. The van der Waals surface area contributed by atoms with Crippen molar-refractivity contribution in [2.24, 2.45) is 5.41 Å². The van der Waals surface area contributed by atoms with Crippen LogP contribution in [0.1, 0.15) is 45.5 Å². The highest BCUT2D eigenvalue weighted by molar-refractivity contribution is 6.35. The number of fused-ring (bicyclic) bond motifs is 1. The summed E-state index contributed by atoms with van der Waals surface area (Å²) in [5.41, 5.74) is 2.58. The molecule has 4 rings (SSSR count). The second-order valence-corrected chi connectivity index (χ2v) is 9.68. The molecule has 0 aliphatic carbocycles. The van der Waals surface area contributed by atoms with Crippen molar-refractivity contribution in [3.8, 4) is 0 Å². The van der Waals surface area contributed by atoms with Crippen LogP contribution in [0, 0.1) is 5.41 Å². The summed E-state index contributed by atoms with van der Waals surface area (Å²) in [5.74, 6) is 1.59. The Morgan fingerprint density at radius 2 is 1.79 bits per heavy atom. The fourth-order valence-electron chi connectivity index (χ4n) is 3.74. The van der Waals surface area contributed by atoms with E-state index in [1.54, 1.807) is 6.07 Å². The van der Waals surface area contributed by atoms with Crippen molar-refractivity contribution in [2.45, 2.75) is 46.1 Å². The molecule has 3 aromatic rings. The molecule has 1 aliphatic heterocycles. The first kappa shape index (κ1) is 20.4. The molecule has 1 fully saturated rings. The van der Waals surface area contributed by atoms with Gasteiger partial charge in [0.2, 0.25) is 5.95 Å². The standard InChI is InChI=1S/C21H26Cl2N6/c1-21(2,3)11-18-25-12-17-19(28-18)29(16-4-6-24-7-5-16)20(27-17)26-15-9-13(22)8-14(23)10-15/h8-10,12,16,24H,4-7,11H2,1-3H3,(H,26,27). The van der Waals surface area contributed by atoms with Crippen LogP contribution in [-0.2, 0) is 6.42 Å². The Kier molecular flexibility index (Phi) is 5.69. The third kappa shape index (κ3) is 4.82. The maximum absolute atomic E-state index is 6.18. The van der Waals surface area contributed by atoms with Gasteiger partial charge >= 0.3 is 0 Å². The number of nitrogens with one attached hydrogen (secondary N) is 2. The Bertz CT molecular complexity index is 998. The first-order chi connectivity index (χ1) is 13.8. The number of halogens is 2. The van der Waals surface area contributed by atoms with Crippen molar-refractivity contribution < 1.29 is 0 Å². The number of nitrogens with zero attached hydrogens (tertiary/aromatic N) is 4. The quantitative estimate of drug-likeness (QED) is 0.578. The van der Waals surface area contributed by atoms with E-state index in [4.69, 9.17) is 33.2 Å². The number of piperidine rings is 1. The van der Waals surface area contributed by atoms with Crippen LogP contribution in [0.2, 0.25) is 10.0 Å². The van der Waals surface area contributed by atoms with Crippen LogP contribution in [0.4, 0.5) is 11.6 Å². The summed E-state index contributed by atoms with van der Waals surface area (Å²) in [5, 5.41) is 7.99. The van der Waals surface area contributed by atoms with Crippen LogP contribution >= 0.6 is 23.2 Å². The van der Waals surface area contributed by atoms with E-state index in [1.807, 2.05) is 18.3 Å². The van der Waals surface area contributed by atoms with Crippen LogP contribution in [0.5, 0.6) is 0 Å². The summed E-state index contributed by atoms with van der Waals surface area (Å²) in [6, 6.07) is 5.72. The fourth-order valence-corrected chi connectivity index (χ4v) is 4.27. The van der Waals surface area contributed by atoms with Gasteiger partial charge in [-0.2, -0.15) is 0 Å². The molecule has 1 saturated heterocycles. The number of anilines is 2. The molecule has 2 N–H and O–H groups in total. The largest absolute Gasteiger partial charge is 0.325 e. The minimum absolute atomic E-state index is 0.117. The lowest BCUT2D eigenvalue weighted by molar-refractivity contribution is 0.375. The molecule has 0 spiro atoms. The maximum Gasteiger partial charge on any atom is 0.209 e. The molecule has 0 unspecified atom stereocenters.